The quantitative estimate of drug-likeness (QED) is 0.721. The lowest BCUT2D eigenvalue weighted by Gasteiger charge is -2.21. The van der Waals surface area contributed by atoms with Crippen molar-refractivity contribution in [1.29, 1.82) is 0 Å². The first-order valence-electron chi connectivity index (χ1n) is 8.11. The largest absolute Gasteiger partial charge is 0.486 e. The lowest BCUT2D eigenvalue weighted by atomic mass is 10.1. The number of hydrogen-bond donors (Lipinski definition) is 2. The van der Waals surface area contributed by atoms with Crippen molar-refractivity contribution in [3.8, 4) is 11.5 Å². The fourth-order valence-corrected chi connectivity index (χ4v) is 4.03. The van der Waals surface area contributed by atoms with Crippen LogP contribution in [0.3, 0.4) is 0 Å². The van der Waals surface area contributed by atoms with Crippen LogP contribution in [0.1, 0.15) is 26.3 Å². The number of methoxy groups -OCH3 is 1. The standard InChI is InChI=1S/C18H17NO8S/c1-10-3-4-11(18(22)25-2)7-16(10)28(23,24)19-13-9-15-14(26-5-6-27-15)8-12(13)17(20)21/h3-4,7-9,19H,5-6H2,1-2H3,(H,20,21). The van der Waals surface area contributed by atoms with Gasteiger partial charge in [0, 0.05) is 12.1 Å². The summed E-state index contributed by atoms with van der Waals surface area (Å²) in [6.45, 7) is 2.07. The van der Waals surface area contributed by atoms with Gasteiger partial charge in [-0.15, -0.1) is 0 Å². The molecule has 0 unspecified atom stereocenters. The Morgan fingerprint density at radius 3 is 2.36 bits per heavy atom. The maximum atomic E-state index is 12.9. The third-order valence-corrected chi connectivity index (χ3v) is 5.56. The maximum absolute atomic E-state index is 12.9. The van der Waals surface area contributed by atoms with Crippen LogP contribution in [0.5, 0.6) is 11.5 Å². The van der Waals surface area contributed by atoms with E-state index in [-0.39, 0.29) is 46.4 Å². The summed E-state index contributed by atoms with van der Waals surface area (Å²) >= 11 is 0. The molecule has 0 saturated carbocycles. The van der Waals surface area contributed by atoms with Crippen molar-refractivity contribution in [3.63, 3.8) is 0 Å². The van der Waals surface area contributed by atoms with Crippen LogP contribution in [0.15, 0.2) is 35.2 Å². The molecule has 0 bridgehead atoms. The first kappa shape index (κ1) is 19.5. The highest BCUT2D eigenvalue weighted by Crippen LogP contribution is 2.36. The van der Waals surface area contributed by atoms with Gasteiger partial charge in [0.15, 0.2) is 11.5 Å². The Bertz CT molecular complexity index is 1060. The van der Waals surface area contributed by atoms with E-state index in [0.717, 1.165) is 0 Å². The van der Waals surface area contributed by atoms with Gasteiger partial charge in [0.25, 0.3) is 10.0 Å². The first-order valence-corrected chi connectivity index (χ1v) is 9.60. The van der Waals surface area contributed by atoms with Crippen molar-refractivity contribution in [3.05, 3.63) is 47.0 Å². The van der Waals surface area contributed by atoms with Gasteiger partial charge < -0.3 is 19.3 Å². The zero-order valence-electron chi connectivity index (χ0n) is 15.0. The SMILES string of the molecule is COC(=O)c1ccc(C)c(S(=O)(=O)Nc2cc3c(cc2C(=O)O)OCCO3)c1. The van der Waals surface area contributed by atoms with Crippen LogP contribution in [0.4, 0.5) is 5.69 Å². The molecule has 0 saturated heterocycles. The molecule has 9 nitrogen and oxygen atoms in total. The van der Waals surface area contributed by atoms with Crippen LogP contribution in [0, 0.1) is 6.92 Å². The summed E-state index contributed by atoms with van der Waals surface area (Å²) in [5.41, 5.74) is -0.0575. The van der Waals surface area contributed by atoms with Crippen molar-refractivity contribution in [2.75, 3.05) is 25.0 Å². The van der Waals surface area contributed by atoms with Gasteiger partial charge in [-0.05, 0) is 24.6 Å². The number of carbonyl (C=O) groups is 2. The lowest BCUT2D eigenvalue weighted by Crippen LogP contribution is -2.20. The summed E-state index contributed by atoms with van der Waals surface area (Å²) in [6, 6.07) is 6.53. The number of carboxylic acids is 1. The number of ether oxygens (including phenoxy) is 3. The van der Waals surface area contributed by atoms with Crippen LogP contribution in [-0.2, 0) is 14.8 Å². The Balaban J connectivity index is 2.06. The van der Waals surface area contributed by atoms with Crippen LogP contribution in [0.25, 0.3) is 0 Å². The Hall–Kier alpha value is -3.27. The molecule has 0 atom stereocenters. The number of benzene rings is 2. The predicted octanol–water partition coefficient (Wildman–Crippen LogP) is 2.05. The molecule has 3 rings (SSSR count). The zero-order valence-corrected chi connectivity index (χ0v) is 15.8. The van der Waals surface area contributed by atoms with E-state index in [1.165, 1.54) is 37.4 Å². The van der Waals surface area contributed by atoms with Crippen molar-refractivity contribution >= 4 is 27.6 Å². The van der Waals surface area contributed by atoms with Crippen molar-refractivity contribution in [2.45, 2.75) is 11.8 Å². The highest BCUT2D eigenvalue weighted by atomic mass is 32.2. The van der Waals surface area contributed by atoms with E-state index in [9.17, 15) is 23.1 Å². The van der Waals surface area contributed by atoms with Gasteiger partial charge in [-0.25, -0.2) is 18.0 Å². The summed E-state index contributed by atoms with van der Waals surface area (Å²) in [6.07, 6.45) is 0. The van der Waals surface area contributed by atoms with Crippen molar-refractivity contribution in [2.24, 2.45) is 0 Å². The average Bonchev–Trinajstić information content (AvgIpc) is 2.66. The number of nitrogens with one attached hydrogen (secondary N) is 1. The van der Waals surface area contributed by atoms with Crippen LogP contribution < -0.4 is 14.2 Å². The average molecular weight is 407 g/mol. The summed E-state index contributed by atoms with van der Waals surface area (Å²) in [7, 11) is -3.02. The molecule has 0 aliphatic carbocycles. The Labute approximate surface area is 160 Å². The predicted molar refractivity (Wildman–Crippen MR) is 97.7 cm³/mol. The molecule has 0 radical (unpaired) electrons. The molecule has 2 aromatic rings. The molecular formula is C18H17NO8S. The van der Waals surface area contributed by atoms with Crippen molar-refractivity contribution in [1.82, 2.24) is 0 Å². The molecule has 148 valence electrons. The van der Waals surface area contributed by atoms with Crippen LogP contribution in [0.2, 0.25) is 0 Å². The number of hydrogen-bond acceptors (Lipinski definition) is 7. The maximum Gasteiger partial charge on any atom is 0.337 e. The number of anilines is 1. The summed E-state index contributed by atoms with van der Waals surface area (Å²) < 4.78 is 43.4. The van der Waals surface area contributed by atoms with Gasteiger partial charge in [0.2, 0.25) is 0 Å². The number of carboxylic acid groups (broad SMARTS) is 1. The van der Waals surface area contributed by atoms with E-state index in [2.05, 4.69) is 9.46 Å². The van der Waals surface area contributed by atoms with Crippen LogP contribution >= 0.6 is 0 Å². The Morgan fingerprint density at radius 1 is 1.11 bits per heavy atom. The molecule has 1 aliphatic rings. The number of carbonyl (C=O) groups excluding carboxylic acids is 1. The fourth-order valence-electron chi connectivity index (χ4n) is 2.68. The van der Waals surface area contributed by atoms with Gasteiger partial charge in [-0.3, -0.25) is 4.72 Å². The second-order valence-corrected chi connectivity index (χ2v) is 7.57. The number of aryl methyl sites for hydroxylation is 1. The van der Waals surface area contributed by atoms with Crippen LogP contribution in [-0.4, -0.2) is 45.8 Å². The monoisotopic (exact) mass is 407 g/mol. The summed E-state index contributed by atoms with van der Waals surface area (Å²) in [4.78, 5) is 23.1. The van der Waals surface area contributed by atoms with E-state index in [1.54, 1.807) is 6.92 Å². The van der Waals surface area contributed by atoms with E-state index in [0.29, 0.717) is 5.56 Å². The summed E-state index contributed by atoms with van der Waals surface area (Å²) in [5, 5.41) is 9.45. The topological polar surface area (TPSA) is 128 Å². The van der Waals surface area contributed by atoms with E-state index in [1.807, 2.05) is 0 Å². The Morgan fingerprint density at radius 2 is 1.75 bits per heavy atom. The third-order valence-electron chi connectivity index (χ3n) is 4.06. The van der Waals surface area contributed by atoms with Gasteiger partial charge in [0.1, 0.15) is 13.2 Å². The lowest BCUT2D eigenvalue weighted by molar-refractivity contribution is 0.0599. The number of aromatic carboxylic acids is 1. The molecule has 0 spiro atoms. The number of rotatable bonds is 5. The number of fused-ring (bicyclic) bond motifs is 1. The molecule has 10 heteroatoms. The molecule has 28 heavy (non-hydrogen) atoms. The normalized spacial score (nSPS) is 12.9. The molecule has 0 amide bonds. The number of esters is 1. The fraction of sp³-hybridized carbons (Fsp3) is 0.222. The molecular weight excluding hydrogens is 390 g/mol. The number of sulfonamides is 1. The third kappa shape index (κ3) is 3.72. The second kappa shape index (κ2) is 7.39. The summed E-state index contributed by atoms with van der Waals surface area (Å²) in [5.74, 6) is -1.58. The second-order valence-electron chi connectivity index (χ2n) is 5.92. The van der Waals surface area contributed by atoms with Gasteiger partial charge in [-0.2, -0.15) is 0 Å². The molecule has 2 aromatic carbocycles. The van der Waals surface area contributed by atoms with Gasteiger partial charge in [-0.1, -0.05) is 6.07 Å². The van der Waals surface area contributed by atoms with Crippen molar-refractivity contribution < 1.29 is 37.3 Å². The molecule has 2 N–H and O–H groups in total. The van der Waals surface area contributed by atoms with E-state index < -0.39 is 22.0 Å². The molecule has 1 aliphatic heterocycles. The minimum atomic E-state index is -4.21. The molecule has 1 heterocycles. The first-order chi connectivity index (χ1) is 13.2. The smallest absolute Gasteiger partial charge is 0.337 e. The van der Waals surface area contributed by atoms with Gasteiger partial charge >= 0.3 is 11.9 Å². The highest BCUT2D eigenvalue weighted by molar-refractivity contribution is 7.92. The molecule has 0 aromatic heterocycles. The van der Waals surface area contributed by atoms with E-state index >= 15 is 0 Å². The Kier molecular flexibility index (Phi) is 5.14. The zero-order chi connectivity index (χ0) is 20.5. The van der Waals surface area contributed by atoms with E-state index in [4.69, 9.17) is 9.47 Å². The van der Waals surface area contributed by atoms with Gasteiger partial charge in [0.05, 0.1) is 28.8 Å². The molecule has 0 fully saturated rings. The minimum absolute atomic E-state index is 0.0501. The minimum Gasteiger partial charge on any atom is -0.486 e. The highest BCUT2D eigenvalue weighted by Gasteiger charge is 2.25.